The van der Waals surface area contributed by atoms with Gasteiger partial charge in [0.05, 0.1) is 6.10 Å². The Morgan fingerprint density at radius 3 is 2.32 bits per heavy atom. The summed E-state index contributed by atoms with van der Waals surface area (Å²) in [5, 5.41) is 42.1. The van der Waals surface area contributed by atoms with E-state index in [9.17, 15) is 25.2 Å². The van der Waals surface area contributed by atoms with Gasteiger partial charge < -0.3 is 29.6 Å². The summed E-state index contributed by atoms with van der Waals surface area (Å²) in [5.41, 5.74) is 2.05. The molecule has 0 radical (unpaired) electrons. The zero-order valence-electron chi connectivity index (χ0n) is 21.2. The fraction of sp³-hybridized carbons (Fsp3) is 0.300. The van der Waals surface area contributed by atoms with Crippen LogP contribution in [0.3, 0.4) is 0 Å². The molecule has 1 heterocycles. The van der Waals surface area contributed by atoms with Gasteiger partial charge in [-0.05, 0) is 47.6 Å². The van der Waals surface area contributed by atoms with Gasteiger partial charge in [0, 0.05) is 24.1 Å². The van der Waals surface area contributed by atoms with E-state index in [4.69, 9.17) is 9.15 Å². The molecule has 194 valence electrons. The van der Waals surface area contributed by atoms with Crippen LogP contribution in [0.5, 0.6) is 23.0 Å². The van der Waals surface area contributed by atoms with Crippen LogP contribution in [-0.4, -0.2) is 33.1 Å². The van der Waals surface area contributed by atoms with Crippen molar-refractivity contribution in [2.45, 2.75) is 46.1 Å². The first-order valence-electron chi connectivity index (χ1n) is 12.4. The Balaban J connectivity index is 1.88. The van der Waals surface area contributed by atoms with Crippen molar-refractivity contribution in [3.05, 3.63) is 81.5 Å². The summed E-state index contributed by atoms with van der Waals surface area (Å²) in [5.74, 6) is -0.434. The molecular weight excluding hydrogens is 472 g/mol. The van der Waals surface area contributed by atoms with Crippen molar-refractivity contribution in [3.8, 4) is 34.3 Å². The topological polar surface area (TPSA) is 120 Å². The third-order valence-electron chi connectivity index (χ3n) is 6.22. The van der Waals surface area contributed by atoms with Crippen LogP contribution in [0.15, 0.2) is 63.8 Å². The van der Waals surface area contributed by atoms with E-state index in [0.717, 1.165) is 5.56 Å². The molecule has 0 aliphatic carbocycles. The average Bonchev–Trinajstić information content (AvgIpc) is 2.86. The fourth-order valence-electron chi connectivity index (χ4n) is 4.31. The first-order chi connectivity index (χ1) is 17.7. The molecule has 4 N–H and O–H groups in total. The van der Waals surface area contributed by atoms with Crippen LogP contribution in [0.25, 0.3) is 22.3 Å². The monoisotopic (exact) mass is 504 g/mol. The maximum Gasteiger partial charge on any atom is 0.238 e. The van der Waals surface area contributed by atoms with E-state index < -0.39 is 17.3 Å². The van der Waals surface area contributed by atoms with Gasteiger partial charge >= 0.3 is 0 Å². The van der Waals surface area contributed by atoms with Crippen molar-refractivity contribution in [2.75, 3.05) is 6.61 Å². The SMILES string of the molecule is CCC(O)COc1cc(O)cc2oc(-c3cc(Cc4ccccc4)c(O)c(CC(C)C)c3)c(O)c(=O)c12. The molecule has 3 aromatic carbocycles. The number of fused-ring (bicyclic) bond motifs is 1. The Morgan fingerprint density at radius 1 is 0.946 bits per heavy atom. The Kier molecular flexibility index (Phi) is 7.74. The van der Waals surface area contributed by atoms with E-state index in [1.165, 1.54) is 12.1 Å². The molecule has 4 rings (SSSR count). The number of benzene rings is 3. The summed E-state index contributed by atoms with van der Waals surface area (Å²) in [6.45, 7) is 5.78. The van der Waals surface area contributed by atoms with Gasteiger partial charge in [0.15, 0.2) is 5.76 Å². The van der Waals surface area contributed by atoms with E-state index in [2.05, 4.69) is 0 Å². The van der Waals surface area contributed by atoms with Crippen molar-refractivity contribution in [1.29, 1.82) is 0 Å². The number of aromatic hydroxyl groups is 3. The number of rotatable bonds is 9. The summed E-state index contributed by atoms with van der Waals surface area (Å²) in [6, 6.07) is 15.6. The second-order valence-corrected chi connectivity index (χ2v) is 9.70. The molecule has 7 heteroatoms. The Bertz CT molecular complexity index is 1460. The lowest BCUT2D eigenvalue weighted by molar-refractivity contribution is 0.105. The van der Waals surface area contributed by atoms with E-state index >= 15 is 0 Å². The van der Waals surface area contributed by atoms with Crippen molar-refractivity contribution in [3.63, 3.8) is 0 Å². The van der Waals surface area contributed by atoms with Gasteiger partial charge in [0.2, 0.25) is 11.2 Å². The quantitative estimate of drug-likeness (QED) is 0.237. The van der Waals surface area contributed by atoms with Crippen LogP contribution >= 0.6 is 0 Å². The summed E-state index contributed by atoms with van der Waals surface area (Å²) >= 11 is 0. The van der Waals surface area contributed by atoms with Crippen LogP contribution in [0.1, 0.15) is 43.9 Å². The van der Waals surface area contributed by atoms with Crippen molar-refractivity contribution >= 4 is 11.0 Å². The summed E-state index contributed by atoms with van der Waals surface area (Å²) < 4.78 is 11.6. The van der Waals surface area contributed by atoms with Crippen LogP contribution in [0.4, 0.5) is 0 Å². The molecule has 4 aromatic rings. The van der Waals surface area contributed by atoms with Gasteiger partial charge in [-0.15, -0.1) is 0 Å². The van der Waals surface area contributed by atoms with Gasteiger partial charge in [-0.3, -0.25) is 4.79 Å². The zero-order valence-corrected chi connectivity index (χ0v) is 21.2. The van der Waals surface area contributed by atoms with Gasteiger partial charge in [0.1, 0.15) is 34.8 Å². The standard InChI is InChI=1S/C30H32O7/c1-4-22(31)16-36-24-14-23(32)15-25-26(24)28(34)29(35)30(37-25)21-12-19(10-17(2)3)27(33)20(13-21)11-18-8-6-5-7-9-18/h5-9,12-15,17,22,31-33,35H,4,10-11,16H2,1-3H3. The minimum Gasteiger partial charge on any atom is -0.508 e. The summed E-state index contributed by atoms with van der Waals surface area (Å²) in [6.07, 6.45) is 0.726. The van der Waals surface area contributed by atoms with E-state index in [1.807, 2.05) is 44.2 Å². The maximum atomic E-state index is 13.3. The zero-order chi connectivity index (χ0) is 26.7. The summed E-state index contributed by atoms with van der Waals surface area (Å²) in [7, 11) is 0. The van der Waals surface area contributed by atoms with Gasteiger partial charge in [-0.2, -0.15) is 0 Å². The van der Waals surface area contributed by atoms with Crippen LogP contribution < -0.4 is 10.2 Å². The number of aliphatic hydroxyl groups excluding tert-OH is 1. The molecule has 0 amide bonds. The molecular formula is C30H32O7. The highest BCUT2D eigenvalue weighted by atomic mass is 16.5. The van der Waals surface area contributed by atoms with Gasteiger partial charge in [0.25, 0.3) is 0 Å². The highest BCUT2D eigenvalue weighted by Gasteiger charge is 2.22. The molecule has 1 unspecified atom stereocenters. The summed E-state index contributed by atoms with van der Waals surface area (Å²) in [4.78, 5) is 13.3. The molecule has 0 saturated heterocycles. The number of phenolic OH excluding ortho intramolecular Hbond substituents is 2. The molecule has 0 aliphatic heterocycles. The molecule has 37 heavy (non-hydrogen) atoms. The third-order valence-corrected chi connectivity index (χ3v) is 6.22. The maximum absolute atomic E-state index is 13.3. The fourth-order valence-corrected chi connectivity index (χ4v) is 4.31. The lowest BCUT2D eigenvalue weighted by Gasteiger charge is -2.16. The van der Waals surface area contributed by atoms with Crippen LogP contribution in [0.2, 0.25) is 0 Å². The third kappa shape index (κ3) is 5.73. The van der Waals surface area contributed by atoms with E-state index in [1.54, 1.807) is 19.1 Å². The Labute approximate surface area is 215 Å². The van der Waals surface area contributed by atoms with E-state index in [-0.39, 0.29) is 46.5 Å². The second-order valence-electron chi connectivity index (χ2n) is 9.70. The molecule has 0 fully saturated rings. The average molecular weight is 505 g/mol. The largest absolute Gasteiger partial charge is 0.508 e. The minimum absolute atomic E-state index is 0.00840. The van der Waals surface area contributed by atoms with Crippen LogP contribution in [-0.2, 0) is 12.8 Å². The van der Waals surface area contributed by atoms with Gasteiger partial charge in [-0.1, -0.05) is 51.1 Å². The van der Waals surface area contributed by atoms with Gasteiger partial charge in [-0.25, -0.2) is 0 Å². The molecule has 1 atom stereocenters. The van der Waals surface area contributed by atoms with Crippen molar-refractivity contribution in [1.82, 2.24) is 0 Å². The van der Waals surface area contributed by atoms with Crippen LogP contribution in [0, 0.1) is 5.92 Å². The number of hydrogen-bond donors (Lipinski definition) is 4. The van der Waals surface area contributed by atoms with E-state index in [0.29, 0.717) is 36.0 Å². The number of phenols is 2. The minimum atomic E-state index is -0.753. The molecule has 0 bridgehead atoms. The van der Waals surface area contributed by atoms with Crippen molar-refractivity contribution < 1.29 is 29.6 Å². The Morgan fingerprint density at radius 2 is 1.65 bits per heavy atom. The smallest absolute Gasteiger partial charge is 0.238 e. The lowest BCUT2D eigenvalue weighted by atomic mass is 9.93. The first kappa shape index (κ1) is 26.1. The molecule has 1 aromatic heterocycles. The number of ether oxygens (including phenoxy) is 1. The first-order valence-corrected chi connectivity index (χ1v) is 12.4. The molecule has 0 saturated carbocycles. The number of aliphatic hydroxyl groups is 1. The predicted octanol–water partition coefficient (Wildman–Crippen LogP) is 5.52. The second kappa shape index (κ2) is 11.0. The lowest BCUT2D eigenvalue weighted by Crippen LogP contribution is -2.17. The normalized spacial score (nSPS) is 12.2. The molecule has 7 nitrogen and oxygen atoms in total. The molecule has 0 spiro atoms. The van der Waals surface area contributed by atoms with Crippen molar-refractivity contribution in [2.24, 2.45) is 5.92 Å². The molecule has 0 aliphatic rings. The highest BCUT2D eigenvalue weighted by Crippen LogP contribution is 2.39. The predicted molar refractivity (Wildman–Crippen MR) is 142 cm³/mol. The number of hydrogen-bond acceptors (Lipinski definition) is 7. The Hall–Kier alpha value is -3.97. The highest BCUT2D eigenvalue weighted by molar-refractivity contribution is 5.88.